The van der Waals surface area contributed by atoms with E-state index in [9.17, 15) is 13.6 Å². The summed E-state index contributed by atoms with van der Waals surface area (Å²) in [5, 5.41) is 8.87. The van der Waals surface area contributed by atoms with Gasteiger partial charge < -0.3 is 20.7 Å². The van der Waals surface area contributed by atoms with Gasteiger partial charge in [-0.05, 0) is 12.8 Å². The van der Waals surface area contributed by atoms with E-state index < -0.39 is 6.43 Å². The van der Waals surface area contributed by atoms with Crippen LogP contribution in [-0.2, 0) is 9.53 Å². The van der Waals surface area contributed by atoms with Gasteiger partial charge in [0.1, 0.15) is 0 Å². The highest BCUT2D eigenvalue weighted by Crippen LogP contribution is 2.11. The number of alkyl halides is 2. The van der Waals surface area contributed by atoms with E-state index in [0.717, 1.165) is 12.8 Å². The van der Waals surface area contributed by atoms with Gasteiger partial charge in [-0.1, -0.05) is 0 Å². The topological polar surface area (TPSA) is 78.0 Å². The van der Waals surface area contributed by atoms with Gasteiger partial charge in [0.25, 0.3) is 6.43 Å². The summed E-state index contributed by atoms with van der Waals surface area (Å²) < 4.78 is 29.5. The quantitative estimate of drug-likeness (QED) is 0.209. The van der Waals surface area contributed by atoms with Gasteiger partial charge in [0.05, 0.1) is 19.7 Å². The van der Waals surface area contributed by atoms with Crippen LogP contribution in [0.25, 0.3) is 0 Å². The molecule has 1 amide bonds. The number of hydrogen-bond donors (Lipinski definition) is 3. The molecule has 142 valence electrons. The summed E-state index contributed by atoms with van der Waals surface area (Å²) in [5.41, 5.74) is 0. The van der Waals surface area contributed by atoms with Crippen LogP contribution in [0.15, 0.2) is 4.99 Å². The highest BCUT2D eigenvalue weighted by atomic mass is 127. The Morgan fingerprint density at radius 2 is 2.00 bits per heavy atom. The number of methoxy groups -OCH3 is 1. The average Bonchev–Trinajstić information content (AvgIpc) is 2.52. The number of carbonyl (C=O) groups is 1. The predicted molar refractivity (Wildman–Crippen MR) is 100 cm³/mol. The fourth-order valence-corrected chi connectivity index (χ4v) is 2.36. The van der Waals surface area contributed by atoms with Crippen LogP contribution < -0.4 is 16.0 Å². The second kappa shape index (κ2) is 13.5. The fourth-order valence-electron chi connectivity index (χ4n) is 2.36. The van der Waals surface area contributed by atoms with Crippen LogP contribution in [0.2, 0.25) is 0 Å². The molecule has 1 aliphatic rings. The fraction of sp³-hybridized carbons (Fsp3) is 0.857. The van der Waals surface area contributed by atoms with Crippen LogP contribution in [-0.4, -0.2) is 82.7 Å². The lowest BCUT2D eigenvalue weighted by Gasteiger charge is -2.32. The molecule has 10 heteroatoms. The van der Waals surface area contributed by atoms with Crippen molar-refractivity contribution < 1.29 is 18.3 Å². The standard InChI is InChI=1S/C14H27F2N5O2.HI/c1-17-14(19-9-13(22)18-5-8-23-2)20-11-3-6-21(7-4-11)10-12(15)16;/h11-12H,3-10H2,1-2H3,(H,18,22)(H2,17,19,20);1H. The molecule has 0 atom stereocenters. The molecule has 0 aromatic rings. The highest BCUT2D eigenvalue weighted by Gasteiger charge is 2.22. The van der Waals surface area contributed by atoms with Crippen LogP contribution in [0.4, 0.5) is 8.78 Å². The third kappa shape index (κ3) is 10.2. The Balaban J connectivity index is 0.00000529. The molecule has 0 radical (unpaired) electrons. The second-order valence-electron chi connectivity index (χ2n) is 5.38. The average molecular weight is 463 g/mol. The van der Waals surface area contributed by atoms with Crippen molar-refractivity contribution >= 4 is 35.8 Å². The third-order valence-corrected chi connectivity index (χ3v) is 3.59. The van der Waals surface area contributed by atoms with Gasteiger partial charge in [-0.2, -0.15) is 0 Å². The molecule has 1 heterocycles. The van der Waals surface area contributed by atoms with Crippen molar-refractivity contribution in [2.75, 3.05) is 53.5 Å². The van der Waals surface area contributed by atoms with Gasteiger partial charge in [0, 0.05) is 39.8 Å². The number of guanidine groups is 1. The Hall–Kier alpha value is -0.750. The van der Waals surface area contributed by atoms with Crippen molar-refractivity contribution in [1.29, 1.82) is 0 Å². The number of likely N-dealkylation sites (tertiary alicyclic amines) is 1. The molecule has 0 spiro atoms. The Morgan fingerprint density at radius 1 is 1.33 bits per heavy atom. The minimum atomic E-state index is -2.29. The molecule has 0 aromatic carbocycles. The maximum atomic E-state index is 12.3. The van der Waals surface area contributed by atoms with Crippen molar-refractivity contribution in [2.45, 2.75) is 25.3 Å². The van der Waals surface area contributed by atoms with Gasteiger partial charge in [0.2, 0.25) is 5.91 Å². The normalized spacial score (nSPS) is 16.6. The highest BCUT2D eigenvalue weighted by molar-refractivity contribution is 14.0. The van der Waals surface area contributed by atoms with Gasteiger partial charge in [-0.25, -0.2) is 8.78 Å². The maximum absolute atomic E-state index is 12.3. The lowest BCUT2D eigenvalue weighted by Crippen LogP contribution is -2.50. The molecule has 1 saturated heterocycles. The molecule has 3 N–H and O–H groups in total. The van der Waals surface area contributed by atoms with Crippen LogP contribution in [0.5, 0.6) is 0 Å². The van der Waals surface area contributed by atoms with Gasteiger partial charge in [-0.3, -0.25) is 14.7 Å². The summed E-state index contributed by atoms with van der Waals surface area (Å²) in [5.74, 6) is 0.399. The monoisotopic (exact) mass is 463 g/mol. The first-order valence-electron chi connectivity index (χ1n) is 7.78. The number of amides is 1. The molecule has 0 saturated carbocycles. The first kappa shape index (κ1) is 23.2. The van der Waals surface area contributed by atoms with Crippen LogP contribution in [0.3, 0.4) is 0 Å². The lowest BCUT2D eigenvalue weighted by atomic mass is 10.1. The second-order valence-corrected chi connectivity index (χ2v) is 5.38. The maximum Gasteiger partial charge on any atom is 0.251 e. The van der Waals surface area contributed by atoms with E-state index in [0.29, 0.717) is 32.2 Å². The van der Waals surface area contributed by atoms with Gasteiger partial charge in [-0.15, -0.1) is 24.0 Å². The molecular weight excluding hydrogens is 435 g/mol. The first-order chi connectivity index (χ1) is 11.0. The summed E-state index contributed by atoms with van der Waals surface area (Å²) in [6, 6.07) is 0.173. The molecule has 24 heavy (non-hydrogen) atoms. The van der Waals surface area contributed by atoms with Crippen LogP contribution >= 0.6 is 24.0 Å². The van der Waals surface area contributed by atoms with Crippen molar-refractivity contribution in [3.8, 4) is 0 Å². The number of rotatable bonds is 8. The van der Waals surface area contributed by atoms with E-state index in [4.69, 9.17) is 4.74 Å². The zero-order valence-electron chi connectivity index (χ0n) is 14.2. The summed E-state index contributed by atoms with van der Waals surface area (Å²) in [4.78, 5) is 17.4. The number of hydrogen-bond acceptors (Lipinski definition) is 4. The van der Waals surface area contributed by atoms with Crippen molar-refractivity contribution in [3.63, 3.8) is 0 Å². The Morgan fingerprint density at radius 3 is 2.54 bits per heavy atom. The zero-order valence-corrected chi connectivity index (χ0v) is 16.5. The van der Waals surface area contributed by atoms with E-state index in [1.54, 1.807) is 19.1 Å². The molecule has 7 nitrogen and oxygen atoms in total. The molecule has 0 aromatic heterocycles. The number of aliphatic imine (C=N–C) groups is 1. The SMILES string of the molecule is CN=C(NCC(=O)NCCOC)NC1CCN(CC(F)F)CC1.I. The third-order valence-electron chi connectivity index (χ3n) is 3.59. The molecule has 1 rings (SSSR count). The summed E-state index contributed by atoms with van der Waals surface area (Å²) >= 11 is 0. The van der Waals surface area contributed by atoms with E-state index in [-0.39, 0.29) is 49.0 Å². The first-order valence-corrected chi connectivity index (χ1v) is 7.78. The Bertz CT molecular complexity index is 380. The molecule has 0 unspecified atom stereocenters. The molecule has 0 bridgehead atoms. The molecule has 1 aliphatic heterocycles. The van der Waals surface area contributed by atoms with Crippen LogP contribution in [0.1, 0.15) is 12.8 Å². The van der Waals surface area contributed by atoms with E-state index in [2.05, 4.69) is 20.9 Å². The Kier molecular flexibility index (Phi) is 13.1. The molecule has 1 fully saturated rings. The molecule has 0 aliphatic carbocycles. The molecular formula is C14H28F2IN5O2. The largest absolute Gasteiger partial charge is 0.383 e. The minimum Gasteiger partial charge on any atom is -0.383 e. The Labute approximate surface area is 159 Å². The lowest BCUT2D eigenvalue weighted by molar-refractivity contribution is -0.120. The summed E-state index contributed by atoms with van der Waals surface area (Å²) in [7, 11) is 3.20. The number of nitrogens with zero attached hydrogens (tertiary/aromatic N) is 2. The number of carbonyl (C=O) groups excluding carboxylic acids is 1. The van der Waals surface area contributed by atoms with Crippen LogP contribution in [0, 0.1) is 0 Å². The van der Waals surface area contributed by atoms with E-state index >= 15 is 0 Å². The number of piperidine rings is 1. The van der Waals surface area contributed by atoms with E-state index in [1.165, 1.54) is 0 Å². The number of halogens is 3. The smallest absolute Gasteiger partial charge is 0.251 e. The van der Waals surface area contributed by atoms with Crippen molar-refractivity contribution in [3.05, 3.63) is 0 Å². The van der Waals surface area contributed by atoms with Crippen molar-refractivity contribution in [1.82, 2.24) is 20.9 Å². The van der Waals surface area contributed by atoms with Gasteiger partial charge >= 0.3 is 0 Å². The minimum absolute atomic E-state index is 0. The predicted octanol–water partition coefficient (Wildman–Crippen LogP) is 0.262. The van der Waals surface area contributed by atoms with E-state index in [1.807, 2.05) is 0 Å². The summed E-state index contributed by atoms with van der Waals surface area (Å²) in [6.45, 7) is 2.16. The number of ether oxygens (including phenoxy) is 1. The zero-order chi connectivity index (χ0) is 17.1. The van der Waals surface area contributed by atoms with Crippen molar-refractivity contribution in [2.24, 2.45) is 4.99 Å². The number of nitrogens with one attached hydrogen (secondary N) is 3. The van der Waals surface area contributed by atoms with Gasteiger partial charge in [0.15, 0.2) is 5.96 Å². The summed E-state index contributed by atoms with van der Waals surface area (Å²) in [6.07, 6.45) is -0.744.